The molecule has 26 heavy (non-hydrogen) atoms. The fourth-order valence-corrected chi connectivity index (χ4v) is 2.30. The maximum atomic E-state index is 12.6. The van der Waals surface area contributed by atoms with Gasteiger partial charge in [-0.15, -0.1) is 6.58 Å². The van der Waals surface area contributed by atoms with Crippen molar-refractivity contribution < 1.29 is 19.4 Å². The molecule has 0 bridgehead atoms. The van der Waals surface area contributed by atoms with Crippen LogP contribution in [0.5, 0.6) is 0 Å². The van der Waals surface area contributed by atoms with Gasteiger partial charge in [-0.3, -0.25) is 4.79 Å². The largest absolute Gasteiger partial charge is 0.444 e. The monoisotopic (exact) mass is 362 g/mol. The molecule has 0 radical (unpaired) electrons. The Hall–Kier alpha value is -2.34. The van der Waals surface area contributed by atoms with Crippen LogP contribution in [0.4, 0.5) is 4.79 Å². The summed E-state index contributed by atoms with van der Waals surface area (Å²) >= 11 is 0. The van der Waals surface area contributed by atoms with Crippen molar-refractivity contribution in [1.29, 1.82) is 0 Å². The second kappa shape index (κ2) is 9.97. The van der Waals surface area contributed by atoms with Gasteiger partial charge < -0.3 is 20.5 Å². The first-order valence-corrected chi connectivity index (χ1v) is 8.75. The molecule has 1 aromatic rings. The topological polar surface area (TPSA) is 87.7 Å². The van der Waals surface area contributed by atoms with Gasteiger partial charge in [-0.1, -0.05) is 36.4 Å². The molecule has 0 aromatic heterocycles. The fraction of sp³-hybridized carbons (Fsp3) is 0.500. The molecule has 0 saturated heterocycles. The Morgan fingerprint density at radius 1 is 1.23 bits per heavy atom. The lowest BCUT2D eigenvalue weighted by atomic mass is 10.0. The van der Waals surface area contributed by atoms with E-state index in [1.165, 1.54) is 0 Å². The number of carbonyl (C=O) groups is 2. The van der Waals surface area contributed by atoms with Gasteiger partial charge in [-0.25, -0.2) is 4.79 Å². The predicted molar refractivity (Wildman–Crippen MR) is 102 cm³/mol. The zero-order chi connectivity index (χ0) is 19.7. The lowest BCUT2D eigenvalue weighted by molar-refractivity contribution is -0.124. The number of aliphatic hydroxyl groups excluding tert-OH is 1. The van der Waals surface area contributed by atoms with Gasteiger partial charge in [0.25, 0.3) is 0 Å². The number of ether oxygens (including phenoxy) is 1. The molecule has 3 atom stereocenters. The lowest BCUT2D eigenvalue weighted by Crippen LogP contribution is -2.53. The zero-order valence-electron chi connectivity index (χ0n) is 16.0. The summed E-state index contributed by atoms with van der Waals surface area (Å²) in [5, 5.41) is 15.3. The summed E-state index contributed by atoms with van der Waals surface area (Å²) in [6.45, 7) is 10.6. The first-order valence-electron chi connectivity index (χ1n) is 8.75. The molecule has 0 fully saturated rings. The maximum Gasteiger partial charge on any atom is 0.408 e. The van der Waals surface area contributed by atoms with E-state index >= 15 is 0 Å². The number of hydrogen-bond acceptors (Lipinski definition) is 4. The minimum atomic E-state index is -0.814. The molecule has 0 spiro atoms. The maximum absolute atomic E-state index is 12.6. The van der Waals surface area contributed by atoms with Crippen molar-refractivity contribution in [3.63, 3.8) is 0 Å². The standard InChI is InChI=1S/C20H30N2O4/c1-6-10-17(23)14(2)21-18(24)16(13-15-11-8-7-9-12-15)22-19(25)26-20(3,4)5/h6-9,11-12,14,16-17,23H,1,10,13H2,2-5H3,(H,21,24)(H,22,25)/t14-,16-,17-/m0/s1. The highest BCUT2D eigenvalue weighted by molar-refractivity contribution is 5.86. The van der Waals surface area contributed by atoms with Crippen LogP contribution in [0, 0.1) is 0 Å². The number of carbonyl (C=O) groups excluding carboxylic acids is 2. The van der Waals surface area contributed by atoms with E-state index in [4.69, 9.17) is 4.74 Å². The van der Waals surface area contributed by atoms with Crippen molar-refractivity contribution in [3.05, 3.63) is 48.6 Å². The molecule has 0 heterocycles. The van der Waals surface area contributed by atoms with Crippen LogP contribution in [0.15, 0.2) is 43.0 Å². The van der Waals surface area contributed by atoms with E-state index in [1.807, 2.05) is 30.3 Å². The highest BCUT2D eigenvalue weighted by Crippen LogP contribution is 2.09. The summed E-state index contributed by atoms with van der Waals surface area (Å²) in [5.74, 6) is -0.379. The summed E-state index contributed by atoms with van der Waals surface area (Å²) in [6, 6.07) is 8.10. The van der Waals surface area contributed by atoms with Crippen molar-refractivity contribution in [2.75, 3.05) is 0 Å². The lowest BCUT2D eigenvalue weighted by Gasteiger charge is -2.25. The molecule has 0 aliphatic carbocycles. The normalized spacial score (nSPS) is 14.7. The van der Waals surface area contributed by atoms with Gasteiger partial charge in [0.2, 0.25) is 5.91 Å². The van der Waals surface area contributed by atoms with Gasteiger partial charge in [0.05, 0.1) is 12.1 Å². The Morgan fingerprint density at radius 3 is 2.38 bits per heavy atom. The Morgan fingerprint density at radius 2 is 1.85 bits per heavy atom. The zero-order valence-corrected chi connectivity index (χ0v) is 16.0. The molecule has 144 valence electrons. The van der Waals surface area contributed by atoms with Gasteiger partial charge >= 0.3 is 6.09 Å². The Bertz CT molecular complexity index is 596. The van der Waals surface area contributed by atoms with E-state index in [1.54, 1.807) is 33.8 Å². The number of amides is 2. The average molecular weight is 362 g/mol. The second-order valence-electron chi connectivity index (χ2n) is 7.28. The number of benzene rings is 1. The van der Waals surface area contributed by atoms with Crippen LogP contribution in [0.3, 0.4) is 0 Å². The third kappa shape index (κ3) is 8.16. The average Bonchev–Trinajstić information content (AvgIpc) is 2.53. The van der Waals surface area contributed by atoms with Crippen LogP contribution < -0.4 is 10.6 Å². The van der Waals surface area contributed by atoms with E-state index in [-0.39, 0.29) is 5.91 Å². The Balaban J connectivity index is 2.83. The number of nitrogens with one attached hydrogen (secondary N) is 2. The molecule has 0 unspecified atom stereocenters. The van der Waals surface area contributed by atoms with Crippen molar-refractivity contribution in [3.8, 4) is 0 Å². The molecule has 6 heteroatoms. The SMILES string of the molecule is C=CC[C@H](O)[C@H](C)NC(=O)[C@H](Cc1ccccc1)NC(=O)OC(C)(C)C. The van der Waals surface area contributed by atoms with Crippen molar-refractivity contribution in [2.45, 2.75) is 64.3 Å². The molecular formula is C20H30N2O4. The first kappa shape index (κ1) is 21.7. The van der Waals surface area contributed by atoms with Crippen molar-refractivity contribution in [2.24, 2.45) is 0 Å². The summed E-state index contributed by atoms with van der Waals surface area (Å²) in [6.07, 6.45) is 0.872. The molecule has 0 aliphatic heterocycles. The third-order valence-electron chi connectivity index (χ3n) is 3.65. The minimum Gasteiger partial charge on any atom is -0.444 e. The van der Waals surface area contributed by atoms with Gasteiger partial charge in [0.1, 0.15) is 11.6 Å². The molecule has 6 nitrogen and oxygen atoms in total. The highest BCUT2D eigenvalue weighted by atomic mass is 16.6. The fourth-order valence-electron chi connectivity index (χ4n) is 2.30. The molecule has 1 rings (SSSR count). The highest BCUT2D eigenvalue weighted by Gasteiger charge is 2.26. The van der Waals surface area contributed by atoms with Crippen molar-refractivity contribution in [1.82, 2.24) is 10.6 Å². The van der Waals surface area contributed by atoms with Gasteiger partial charge in [0.15, 0.2) is 0 Å². The van der Waals surface area contributed by atoms with Gasteiger partial charge in [0, 0.05) is 6.42 Å². The molecule has 0 saturated carbocycles. The quantitative estimate of drug-likeness (QED) is 0.620. The molecule has 2 amide bonds. The predicted octanol–water partition coefficient (Wildman–Crippen LogP) is 2.56. The van der Waals surface area contributed by atoms with Crippen LogP contribution in [-0.2, 0) is 16.0 Å². The molecule has 1 aromatic carbocycles. The van der Waals surface area contributed by atoms with E-state index in [0.29, 0.717) is 12.8 Å². The summed E-state index contributed by atoms with van der Waals surface area (Å²) in [4.78, 5) is 24.8. The van der Waals surface area contributed by atoms with Crippen LogP contribution in [0.2, 0.25) is 0 Å². The molecule has 3 N–H and O–H groups in total. The number of rotatable bonds is 8. The van der Waals surface area contributed by atoms with E-state index in [0.717, 1.165) is 5.56 Å². The smallest absolute Gasteiger partial charge is 0.408 e. The summed E-state index contributed by atoms with van der Waals surface area (Å²) in [5.41, 5.74) is 0.244. The Labute approximate surface area is 155 Å². The molecule has 0 aliphatic rings. The van der Waals surface area contributed by atoms with Gasteiger partial charge in [-0.2, -0.15) is 0 Å². The number of hydrogen-bond donors (Lipinski definition) is 3. The number of aliphatic hydroxyl groups is 1. The first-order chi connectivity index (χ1) is 12.1. The van der Waals surface area contributed by atoms with Crippen LogP contribution in [0.25, 0.3) is 0 Å². The summed E-state index contributed by atoms with van der Waals surface area (Å²) in [7, 11) is 0. The van der Waals surface area contributed by atoms with Crippen LogP contribution in [-0.4, -0.2) is 40.9 Å². The third-order valence-corrected chi connectivity index (χ3v) is 3.65. The minimum absolute atomic E-state index is 0.316. The van der Waals surface area contributed by atoms with Gasteiger partial charge in [-0.05, 0) is 39.7 Å². The van der Waals surface area contributed by atoms with E-state index in [2.05, 4.69) is 17.2 Å². The van der Waals surface area contributed by atoms with Crippen molar-refractivity contribution >= 4 is 12.0 Å². The Kier molecular flexibility index (Phi) is 8.32. The van der Waals surface area contributed by atoms with Crippen LogP contribution >= 0.6 is 0 Å². The summed E-state index contributed by atoms with van der Waals surface area (Å²) < 4.78 is 5.25. The van der Waals surface area contributed by atoms with E-state index in [9.17, 15) is 14.7 Å². The van der Waals surface area contributed by atoms with E-state index < -0.39 is 29.9 Å². The number of alkyl carbamates (subject to hydrolysis) is 1. The second-order valence-corrected chi connectivity index (χ2v) is 7.28. The molecular weight excluding hydrogens is 332 g/mol. The van der Waals surface area contributed by atoms with Crippen LogP contribution in [0.1, 0.15) is 39.7 Å².